The first kappa shape index (κ1) is 20.0. The highest BCUT2D eigenvalue weighted by Crippen LogP contribution is 2.15. The molecule has 0 aliphatic heterocycles. The standard InChI is InChI=1S/C18H28N2O4/c1-18(2,3)24-17(22)20-15(14-10-6-5-7-11-14)16(21)19-12-8-9-13-23-4/h5-7,10-11,15H,8-9,12-13H2,1-4H3,(H,19,21)(H,20,22). The molecule has 2 amide bonds. The summed E-state index contributed by atoms with van der Waals surface area (Å²) in [5.74, 6) is -0.260. The molecule has 0 saturated heterocycles. The van der Waals surface area contributed by atoms with E-state index in [-0.39, 0.29) is 5.91 Å². The molecule has 0 saturated carbocycles. The smallest absolute Gasteiger partial charge is 0.408 e. The van der Waals surface area contributed by atoms with Crippen molar-refractivity contribution in [3.8, 4) is 0 Å². The Morgan fingerprint density at radius 2 is 1.79 bits per heavy atom. The number of carbonyl (C=O) groups excluding carboxylic acids is 2. The van der Waals surface area contributed by atoms with Crippen molar-refractivity contribution in [1.82, 2.24) is 10.6 Å². The molecule has 1 rings (SSSR count). The maximum Gasteiger partial charge on any atom is 0.408 e. The summed E-state index contributed by atoms with van der Waals surface area (Å²) < 4.78 is 10.2. The minimum atomic E-state index is -0.788. The van der Waals surface area contributed by atoms with E-state index in [1.807, 2.05) is 18.2 Å². The number of rotatable bonds is 8. The lowest BCUT2D eigenvalue weighted by Gasteiger charge is -2.23. The molecule has 1 atom stereocenters. The number of amides is 2. The van der Waals surface area contributed by atoms with Crippen molar-refractivity contribution >= 4 is 12.0 Å². The number of benzene rings is 1. The van der Waals surface area contributed by atoms with Crippen LogP contribution in [0.4, 0.5) is 4.79 Å². The van der Waals surface area contributed by atoms with E-state index in [0.717, 1.165) is 12.8 Å². The molecular weight excluding hydrogens is 308 g/mol. The summed E-state index contributed by atoms with van der Waals surface area (Å²) in [6.45, 7) is 6.52. The predicted octanol–water partition coefficient (Wildman–Crippen LogP) is 2.80. The number of alkyl carbamates (subject to hydrolysis) is 1. The molecule has 0 aliphatic carbocycles. The molecule has 24 heavy (non-hydrogen) atoms. The van der Waals surface area contributed by atoms with E-state index in [2.05, 4.69) is 10.6 Å². The SMILES string of the molecule is COCCCCNC(=O)C(NC(=O)OC(C)(C)C)c1ccccc1. The Morgan fingerprint density at radius 3 is 2.38 bits per heavy atom. The van der Waals surface area contributed by atoms with E-state index in [0.29, 0.717) is 18.7 Å². The van der Waals surface area contributed by atoms with Gasteiger partial charge in [-0.25, -0.2) is 4.79 Å². The van der Waals surface area contributed by atoms with Gasteiger partial charge in [0.2, 0.25) is 5.91 Å². The van der Waals surface area contributed by atoms with Crippen LogP contribution in [0.5, 0.6) is 0 Å². The van der Waals surface area contributed by atoms with Crippen molar-refractivity contribution in [2.75, 3.05) is 20.3 Å². The minimum Gasteiger partial charge on any atom is -0.444 e. The van der Waals surface area contributed by atoms with Gasteiger partial charge < -0.3 is 20.1 Å². The van der Waals surface area contributed by atoms with Gasteiger partial charge in [0, 0.05) is 20.3 Å². The summed E-state index contributed by atoms with van der Waals surface area (Å²) in [7, 11) is 1.65. The van der Waals surface area contributed by atoms with Crippen LogP contribution >= 0.6 is 0 Å². The first-order chi connectivity index (χ1) is 11.3. The van der Waals surface area contributed by atoms with Gasteiger partial charge in [0.05, 0.1) is 0 Å². The van der Waals surface area contributed by atoms with Crippen LogP contribution in [0.1, 0.15) is 45.2 Å². The largest absolute Gasteiger partial charge is 0.444 e. The molecular formula is C18H28N2O4. The van der Waals surface area contributed by atoms with Gasteiger partial charge in [-0.1, -0.05) is 30.3 Å². The van der Waals surface area contributed by atoms with Crippen LogP contribution in [0.3, 0.4) is 0 Å². The highest BCUT2D eigenvalue weighted by Gasteiger charge is 2.25. The molecule has 6 nitrogen and oxygen atoms in total. The monoisotopic (exact) mass is 336 g/mol. The second-order valence-corrected chi connectivity index (χ2v) is 6.48. The molecule has 0 aliphatic rings. The minimum absolute atomic E-state index is 0.260. The maximum absolute atomic E-state index is 12.5. The van der Waals surface area contributed by atoms with E-state index in [1.165, 1.54) is 0 Å². The molecule has 1 aromatic carbocycles. The van der Waals surface area contributed by atoms with Gasteiger partial charge in [-0.3, -0.25) is 4.79 Å². The van der Waals surface area contributed by atoms with Crippen molar-refractivity contribution in [3.63, 3.8) is 0 Å². The summed E-state index contributed by atoms with van der Waals surface area (Å²) in [5, 5.41) is 5.49. The van der Waals surface area contributed by atoms with Crippen LogP contribution in [0.15, 0.2) is 30.3 Å². The van der Waals surface area contributed by atoms with E-state index in [1.54, 1.807) is 40.0 Å². The van der Waals surface area contributed by atoms with E-state index in [9.17, 15) is 9.59 Å². The molecule has 0 aromatic heterocycles. The number of hydrogen-bond donors (Lipinski definition) is 2. The molecule has 2 N–H and O–H groups in total. The van der Waals surface area contributed by atoms with Gasteiger partial charge in [-0.2, -0.15) is 0 Å². The third-order valence-corrected chi connectivity index (χ3v) is 3.13. The van der Waals surface area contributed by atoms with Crippen molar-refractivity contribution in [2.24, 2.45) is 0 Å². The zero-order valence-corrected chi connectivity index (χ0v) is 14.9. The quantitative estimate of drug-likeness (QED) is 0.716. The Bertz CT molecular complexity index is 512. The molecule has 134 valence electrons. The Labute approximate surface area is 143 Å². The zero-order chi connectivity index (χ0) is 18.0. The van der Waals surface area contributed by atoms with Gasteiger partial charge >= 0.3 is 6.09 Å². The summed E-state index contributed by atoms with van der Waals surface area (Å²) >= 11 is 0. The third kappa shape index (κ3) is 7.97. The van der Waals surface area contributed by atoms with Gasteiger partial charge in [0.1, 0.15) is 11.6 Å². The average molecular weight is 336 g/mol. The Balaban J connectivity index is 2.68. The first-order valence-corrected chi connectivity index (χ1v) is 8.14. The van der Waals surface area contributed by atoms with Gasteiger partial charge in [0.15, 0.2) is 0 Å². The number of methoxy groups -OCH3 is 1. The molecule has 0 bridgehead atoms. The second kappa shape index (κ2) is 9.93. The number of nitrogens with one attached hydrogen (secondary N) is 2. The summed E-state index contributed by atoms with van der Waals surface area (Å²) in [6, 6.07) is 8.31. The number of ether oxygens (including phenoxy) is 2. The molecule has 1 unspecified atom stereocenters. The van der Waals surface area contributed by atoms with Crippen molar-refractivity contribution in [1.29, 1.82) is 0 Å². The fourth-order valence-corrected chi connectivity index (χ4v) is 2.06. The highest BCUT2D eigenvalue weighted by molar-refractivity contribution is 5.86. The normalized spacial score (nSPS) is 12.3. The average Bonchev–Trinajstić information content (AvgIpc) is 2.51. The van der Waals surface area contributed by atoms with E-state index >= 15 is 0 Å². The van der Waals surface area contributed by atoms with Crippen LogP contribution < -0.4 is 10.6 Å². The number of carbonyl (C=O) groups is 2. The van der Waals surface area contributed by atoms with Gasteiger partial charge in [0.25, 0.3) is 0 Å². The molecule has 0 spiro atoms. The Hall–Kier alpha value is -2.08. The lowest BCUT2D eigenvalue weighted by molar-refractivity contribution is -0.123. The summed E-state index contributed by atoms with van der Waals surface area (Å²) in [6.07, 6.45) is 1.06. The van der Waals surface area contributed by atoms with E-state index in [4.69, 9.17) is 9.47 Å². The van der Waals surface area contributed by atoms with Gasteiger partial charge in [-0.15, -0.1) is 0 Å². The van der Waals surface area contributed by atoms with Crippen molar-refractivity contribution < 1.29 is 19.1 Å². The van der Waals surface area contributed by atoms with Crippen LogP contribution in [0, 0.1) is 0 Å². The fraction of sp³-hybridized carbons (Fsp3) is 0.556. The van der Waals surface area contributed by atoms with Crippen LogP contribution in [0.25, 0.3) is 0 Å². The topological polar surface area (TPSA) is 76.7 Å². The number of unbranched alkanes of at least 4 members (excludes halogenated alkanes) is 1. The van der Waals surface area contributed by atoms with Crippen LogP contribution in [0.2, 0.25) is 0 Å². The molecule has 0 radical (unpaired) electrons. The molecule has 1 aromatic rings. The second-order valence-electron chi connectivity index (χ2n) is 6.48. The Morgan fingerprint density at radius 1 is 1.12 bits per heavy atom. The lowest BCUT2D eigenvalue weighted by atomic mass is 10.1. The first-order valence-electron chi connectivity index (χ1n) is 8.14. The summed E-state index contributed by atoms with van der Waals surface area (Å²) in [4.78, 5) is 24.5. The number of hydrogen-bond acceptors (Lipinski definition) is 4. The highest BCUT2D eigenvalue weighted by atomic mass is 16.6. The fourth-order valence-electron chi connectivity index (χ4n) is 2.06. The van der Waals surface area contributed by atoms with E-state index < -0.39 is 17.7 Å². The molecule has 0 fully saturated rings. The van der Waals surface area contributed by atoms with Crippen molar-refractivity contribution in [3.05, 3.63) is 35.9 Å². The van der Waals surface area contributed by atoms with Crippen LogP contribution in [-0.4, -0.2) is 37.9 Å². The Kier molecular flexibility index (Phi) is 8.26. The predicted molar refractivity (Wildman–Crippen MR) is 92.7 cm³/mol. The third-order valence-electron chi connectivity index (χ3n) is 3.13. The molecule has 6 heteroatoms. The maximum atomic E-state index is 12.5. The van der Waals surface area contributed by atoms with Crippen LogP contribution in [-0.2, 0) is 14.3 Å². The zero-order valence-electron chi connectivity index (χ0n) is 14.9. The summed E-state index contributed by atoms with van der Waals surface area (Å²) in [5.41, 5.74) is 0.0832. The molecule has 0 heterocycles. The lowest BCUT2D eigenvalue weighted by Crippen LogP contribution is -2.42. The van der Waals surface area contributed by atoms with Gasteiger partial charge in [-0.05, 0) is 39.2 Å². The van der Waals surface area contributed by atoms with Crippen molar-refractivity contribution in [2.45, 2.75) is 45.3 Å².